The zero-order valence-electron chi connectivity index (χ0n) is 18.9. The third-order valence-electron chi connectivity index (χ3n) is 4.86. The second kappa shape index (κ2) is 11.0. The summed E-state index contributed by atoms with van der Waals surface area (Å²) in [5.41, 5.74) is 2.54. The first kappa shape index (κ1) is 23.6. The second-order valence-electron chi connectivity index (χ2n) is 6.94. The summed E-state index contributed by atoms with van der Waals surface area (Å²) in [6.07, 6.45) is 0. The van der Waals surface area contributed by atoms with Crippen molar-refractivity contribution in [2.24, 2.45) is 0 Å². The van der Waals surface area contributed by atoms with Crippen LogP contribution in [-0.2, 0) is 11.3 Å². The summed E-state index contributed by atoms with van der Waals surface area (Å²) in [7, 11) is 6.32. The SMILES string of the molecule is COCCn1c(SCC(=O)c2ccc(C)cc2)nnc1-c1cc(OC)c(OC)c(OC)c1. The number of nitrogens with zero attached hydrogens (tertiary/aromatic N) is 3. The number of thioether (sulfide) groups is 1. The molecule has 0 bridgehead atoms. The summed E-state index contributed by atoms with van der Waals surface area (Å²) < 4.78 is 23.5. The van der Waals surface area contributed by atoms with Crippen LogP contribution in [0.5, 0.6) is 17.2 Å². The first-order valence-electron chi connectivity index (χ1n) is 9.97. The molecule has 2 aromatic carbocycles. The van der Waals surface area contributed by atoms with Crippen molar-refractivity contribution in [3.05, 3.63) is 47.5 Å². The highest BCUT2D eigenvalue weighted by atomic mass is 32.2. The highest BCUT2D eigenvalue weighted by Gasteiger charge is 2.20. The van der Waals surface area contributed by atoms with Crippen LogP contribution < -0.4 is 14.2 Å². The van der Waals surface area contributed by atoms with Gasteiger partial charge < -0.3 is 18.9 Å². The van der Waals surface area contributed by atoms with Gasteiger partial charge in [-0.25, -0.2) is 0 Å². The van der Waals surface area contributed by atoms with Gasteiger partial charge in [-0.05, 0) is 19.1 Å². The van der Waals surface area contributed by atoms with Crippen molar-refractivity contribution >= 4 is 17.5 Å². The number of aromatic nitrogens is 3. The van der Waals surface area contributed by atoms with Crippen LogP contribution in [0.25, 0.3) is 11.4 Å². The third kappa shape index (κ3) is 5.23. The van der Waals surface area contributed by atoms with Gasteiger partial charge in [0.15, 0.2) is 28.3 Å². The van der Waals surface area contributed by atoms with Crippen LogP contribution in [0, 0.1) is 6.92 Å². The predicted octanol–water partition coefficient (Wildman–Crippen LogP) is 3.90. The number of ether oxygens (including phenoxy) is 4. The fourth-order valence-electron chi connectivity index (χ4n) is 3.16. The van der Waals surface area contributed by atoms with E-state index in [1.165, 1.54) is 11.8 Å². The zero-order valence-corrected chi connectivity index (χ0v) is 19.7. The molecule has 3 rings (SSSR count). The summed E-state index contributed by atoms with van der Waals surface area (Å²) in [4.78, 5) is 12.6. The molecule has 170 valence electrons. The lowest BCUT2D eigenvalue weighted by Gasteiger charge is -2.15. The minimum Gasteiger partial charge on any atom is -0.493 e. The number of methoxy groups -OCH3 is 4. The minimum atomic E-state index is 0.0330. The number of aryl methyl sites for hydroxylation is 1. The Balaban J connectivity index is 1.91. The number of carbonyl (C=O) groups is 1. The molecule has 0 fully saturated rings. The Morgan fingerprint density at radius 3 is 2.19 bits per heavy atom. The van der Waals surface area contributed by atoms with E-state index in [4.69, 9.17) is 18.9 Å². The van der Waals surface area contributed by atoms with E-state index in [1.807, 2.05) is 47.9 Å². The molecule has 8 nitrogen and oxygen atoms in total. The maximum atomic E-state index is 12.6. The van der Waals surface area contributed by atoms with Crippen LogP contribution in [0.4, 0.5) is 0 Å². The van der Waals surface area contributed by atoms with Crippen molar-refractivity contribution in [3.63, 3.8) is 0 Å². The average molecular weight is 458 g/mol. The standard InChI is InChI=1S/C23H27N3O5S/c1-15-6-8-16(9-7-15)18(27)14-32-23-25-24-22(26(23)10-11-28-2)17-12-19(29-3)21(31-5)20(13-17)30-4/h6-9,12-13H,10-11,14H2,1-5H3. The number of hydrogen-bond acceptors (Lipinski definition) is 8. The summed E-state index contributed by atoms with van der Waals surface area (Å²) >= 11 is 1.34. The summed E-state index contributed by atoms with van der Waals surface area (Å²) in [6, 6.07) is 11.2. The van der Waals surface area contributed by atoms with Crippen molar-refractivity contribution in [2.45, 2.75) is 18.6 Å². The van der Waals surface area contributed by atoms with Crippen LogP contribution in [0.3, 0.4) is 0 Å². The van der Waals surface area contributed by atoms with Crippen molar-refractivity contribution in [2.75, 3.05) is 40.8 Å². The molecule has 0 saturated carbocycles. The van der Waals surface area contributed by atoms with Crippen LogP contribution in [0.2, 0.25) is 0 Å². The molecule has 0 saturated heterocycles. The number of carbonyl (C=O) groups excluding carboxylic acids is 1. The molecule has 0 spiro atoms. The molecule has 0 N–H and O–H groups in total. The fraction of sp³-hybridized carbons (Fsp3) is 0.348. The largest absolute Gasteiger partial charge is 0.493 e. The third-order valence-corrected chi connectivity index (χ3v) is 5.83. The van der Waals surface area contributed by atoms with Gasteiger partial charge in [-0.3, -0.25) is 9.36 Å². The van der Waals surface area contributed by atoms with Crippen LogP contribution in [0.15, 0.2) is 41.6 Å². The van der Waals surface area contributed by atoms with E-state index >= 15 is 0 Å². The van der Waals surface area contributed by atoms with E-state index in [0.717, 1.165) is 11.1 Å². The molecule has 0 aliphatic rings. The Morgan fingerprint density at radius 1 is 0.969 bits per heavy atom. The van der Waals surface area contributed by atoms with Crippen molar-refractivity contribution in [1.82, 2.24) is 14.8 Å². The molecule has 0 amide bonds. The van der Waals surface area contributed by atoms with Crippen molar-refractivity contribution in [1.29, 1.82) is 0 Å². The molecule has 0 unspecified atom stereocenters. The van der Waals surface area contributed by atoms with E-state index in [0.29, 0.717) is 46.9 Å². The van der Waals surface area contributed by atoms with Crippen LogP contribution in [0.1, 0.15) is 15.9 Å². The van der Waals surface area contributed by atoms with Gasteiger partial charge >= 0.3 is 0 Å². The van der Waals surface area contributed by atoms with Gasteiger partial charge in [0.1, 0.15) is 0 Å². The smallest absolute Gasteiger partial charge is 0.203 e. The molecule has 9 heteroatoms. The molecular weight excluding hydrogens is 430 g/mol. The second-order valence-corrected chi connectivity index (χ2v) is 7.89. The monoisotopic (exact) mass is 457 g/mol. The lowest BCUT2D eigenvalue weighted by Crippen LogP contribution is -2.09. The van der Waals surface area contributed by atoms with E-state index in [2.05, 4.69) is 10.2 Å². The lowest BCUT2D eigenvalue weighted by atomic mass is 10.1. The molecule has 1 aromatic heterocycles. The van der Waals surface area contributed by atoms with Crippen molar-refractivity contribution < 1.29 is 23.7 Å². The van der Waals surface area contributed by atoms with Gasteiger partial charge in [0.25, 0.3) is 0 Å². The quantitative estimate of drug-likeness (QED) is 0.317. The zero-order chi connectivity index (χ0) is 23.1. The lowest BCUT2D eigenvalue weighted by molar-refractivity contribution is 0.102. The van der Waals surface area contributed by atoms with Crippen LogP contribution >= 0.6 is 11.8 Å². The molecule has 3 aromatic rings. The molecule has 0 aliphatic heterocycles. The Hall–Kier alpha value is -3.04. The molecular formula is C23H27N3O5S. The van der Waals surface area contributed by atoms with Gasteiger partial charge in [-0.1, -0.05) is 41.6 Å². The van der Waals surface area contributed by atoms with E-state index < -0.39 is 0 Å². The van der Waals surface area contributed by atoms with Gasteiger partial charge in [-0.15, -0.1) is 10.2 Å². The minimum absolute atomic E-state index is 0.0330. The van der Waals surface area contributed by atoms with Gasteiger partial charge in [-0.2, -0.15) is 0 Å². The number of Topliss-reactive ketones (excluding diaryl/α,β-unsaturated/α-hetero) is 1. The summed E-state index contributed by atoms with van der Waals surface area (Å²) in [5, 5.41) is 9.35. The highest BCUT2D eigenvalue weighted by Crippen LogP contribution is 2.41. The normalized spacial score (nSPS) is 10.8. The summed E-state index contributed by atoms with van der Waals surface area (Å²) in [5.74, 6) is 2.44. The predicted molar refractivity (Wildman–Crippen MR) is 123 cm³/mol. The first-order chi connectivity index (χ1) is 15.5. The van der Waals surface area contributed by atoms with E-state index in [1.54, 1.807) is 28.4 Å². The number of benzene rings is 2. The van der Waals surface area contributed by atoms with Crippen molar-refractivity contribution in [3.8, 4) is 28.6 Å². The average Bonchev–Trinajstić information content (AvgIpc) is 3.23. The van der Waals surface area contributed by atoms with Crippen LogP contribution in [-0.4, -0.2) is 61.3 Å². The molecule has 0 aliphatic carbocycles. The topological polar surface area (TPSA) is 84.7 Å². The maximum Gasteiger partial charge on any atom is 0.203 e. The van der Waals surface area contributed by atoms with E-state index in [9.17, 15) is 4.79 Å². The molecule has 0 atom stereocenters. The first-order valence-corrected chi connectivity index (χ1v) is 11.0. The number of rotatable bonds is 11. The Morgan fingerprint density at radius 2 is 1.62 bits per heavy atom. The molecule has 1 heterocycles. The Bertz CT molecular complexity index is 1040. The Labute approximate surface area is 191 Å². The highest BCUT2D eigenvalue weighted by molar-refractivity contribution is 7.99. The van der Waals surface area contributed by atoms with Gasteiger partial charge in [0.2, 0.25) is 5.75 Å². The maximum absolute atomic E-state index is 12.6. The summed E-state index contributed by atoms with van der Waals surface area (Å²) in [6.45, 7) is 2.98. The molecule has 0 radical (unpaired) electrons. The van der Waals surface area contributed by atoms with E-state index in [-0.39, 0.29) is 11.5 Å². The van der Waals surface area contributed by atoms with Gasteiger partial charge in [0.05, 0.1) is 40.2 Å². The fourth-order valence-corrected chi connectivity index (χ4v) is 4.02. The number of ketones is 1. The number of hydrogen-bond donors (Lipinski definition) is 0. The Kier molecular flexibility index (Phi) is 8.13. The van der Waals surface area contributed by atoms with Gasteiger partial charge in [0, 0.05) is 18.2 Å². The molecule has 32 heavy (non-hydrogen) atoms.